The van der Waals surface area contributed by atoms with Gasteiger partial charge in [-0.25, -0.2) is 4.98 Å². The van der Waals surface area contributed by atoms with Gasteiger partial charge in [0.2, 0.25) is 11.6 Å². The molecule has 0 radical (unpaired) electrons. The number of rotatable bonds is 9. The summed E-state index contributed by atoms with van der Waals surface area (Å²) in [6.07, 6.45) is 0.485. The number of nitrogens with zero attached hydrogens (tertiary/aromatic N) is 1. The number of hydrogen-bond acceptors (Lipinski definition) is 7. The van der Waals surface area contributed by atoms with Crippen LogP contribution in [0.1, 0.15) is 35.6 Å². The second-order valence-electron chi connectivity index (χ2n) is 6.71. The number of nitrogens with one attached hydrogen (secondary N) is 2. The molecule has 1 amide bonds. The van der Waals surface area contributed by atoms with Crippen molar-refractivity contribution in [2.24, 2.45) is 5.92 Å². The van der Waals surface area contributed by atoms with E-state index in [0.717, 1.165) is 5.56 Å². The van der Waals surface area contributed by atoms with Crippen LogP contribution in [0.4, 0.5) is 0 Å². The number of hydrogen-bond donors (Lipinski definition) is 2. The fourth-order valence-electron chi connectivity index (χ4n) is 2.80. The third-order valence-corrected chi connectivity index (χ3v) is 4.15. The molecule has 1 aromatic carbocycles. The molecule has 29 heavy (non-hydrogen) atoms. The maximum absolute atomic E-state index is 12.6. The molecule has 0 atom stereocenters. The van der Waals surface area contributed by atoms with Crippen molar-refractivity contribution in [2.45, 2.75) is 26.8 Å². The highest BCUT2D eigenvalue weighted by molar-refractivity contribution is 5.94. The summed E-state index contributed by atoms with van der Waals surface area (Å²) in [6.45, 7) is 4.12. The summed E-state index contributed by atoms with van der Waals surface area (Å²) in [5.74, 6) is 1.21. The lowest BCUT2D eigenvalue weighted by atomic mass is 10.1. The van der Waals surface area contributed by atoms with Gasteiger partial charge >= 0.3 is 0 Å². The van der Waals surface area contributed by atoms with Crippen LogP contribution in [0.15, 0.2) is 16.9 Å². The highest BCUT2D eigenvalue weighted by atomic mass is 16.5. The second-order valence-corrected chi connectivity index (χ2v) is 6.71. The highest BCUT2D eigenvalue weighted by Gasteiger charge is 2.19. The summed E-state index contributed by atoms with van der Waals surface area (Å²) in [4.78, 5) is 31.7. The molecule has 0 unspecified atom stereocenters. The van der Waals surface area contributed by atoms with Crippen molar-refractivity contribution in [1.82, 2.24) is 15.3 Å². The zero-order valence-corrected chi connectivity index (χ0v) is 17.5. The lowest BCUT2D eigenvalue weighted by Crippen LogP contribution is -2.29. The van der Waals surface area contributed by atoms with Gasteiger partial charge in [-0.05, 0) is 30.0 Å². The minimum Gasteiger partial charge on any atom is -0.493 e. The van der Waals surface area contributed by atoms with E-state index in [9.17, 15) is 9.59 Å². The molecule has 0 spiro atoms. The Kier molecular flexibility index (Phi) is 7.46. The Morgan fingerprint density at radius 2 is 1.69 bits per heavy atom. The third-order valence-electron chi connectivity index (χ3n) is 4.15. The van der Waals surface area contributed by atoms with Gasteiger partial charge in [0.15, 0.2) is 17.2 Å². The van der Waals surface area contributed by atoms with E-state index in [1.54, 1.807) is 12.1 Å². The lowest BCUT2D eigenvalue weighted by Gasteiger charge is -2.15. The van der Waals surface area contributed by atoms with Crippen LogP contribution in [0.5, 0.6) is 23.1 Å². The Morgan fingerprint density at radius 3 is 2.17 bits per heavy atom. The summed E-state index contributed by atoms with van der Waals surface area (Å²) >= 11 is 0. The molecular formula is C20H27N3O6. The average molecular weight is 405 g/mol. The van der Waals surface area contributed by atoms with E-state index in [4.69, 9.17) is 18.9 Å². The molecule has 2 N–H and O–H groups in total. The zero-order chi connectivity index (χ0) is 21.6. The van der Waals surface area contributed by atoms with E-state index in [0.29, 0.717) is 29.4 Å². The van der Waals surface area contributed by atoms with E-state index in [2.05, 4.69) is 15.3 Å². The zero-order valence-electron chi connectivity index (χ0n) is 17.5. The molecule has 0 aliphatic heterocycles. The highest BCUT2D eigenvalue weighted by Crippen LogP contribution is 2.38. The largest absolute Gasteiger partial charge is 0.493 e. The van der Waals surface area contributed by atoms with E-state index >= 15 is 0 Å². The monoisotopic (exact) mass is 405 g/mol. The summed E-state index contributed by atoms with van der Waals surface area (Å²) in [5.41, 5.74) is 0.617. The Hall–Kier alpha value is -3.23. The molecule has 0 saturated heterocycles. The predicted molar refractivity (Wildman–Crippen MR) is 107 cm³/mol. The van der Waals surface area contributed by atoms with Crippen molar-refractivity contribution < 1.29 is 23.7 Å². The minimum atomic E-state index is -0.517. The number of ether oxygens (including phenoxy) is 4. The van der Waals surface area contributed by atoms with Crippen LogP contribution in [-0.4, -0.2) is 44.3 Å². The third kappa shape index (κ3) is 5.18. The van der Waals surface area contributed by atoms with Gasteiger partial charge in [-0.3, -0.25) is 9.59 Å². The first kappa shape index (κ1) is 22.1. The number of carbonyl (C=O) groups excluding carboxylic acids is 1. The van der Waals surface area contributed by atoms with Gasteiger partial charge in [0, 0.05) is 6.54 Å². The average Bonchev–Trinajstić information content (AvgIpc) is 2.71. The van der Waals surface area contributed by atoms with Gasteiger partial charge in [-0.1, -0.05) is 13.8 Å². The summed E-state index contributed by atoms with van der Waals surface area (Å²) in [7, 11) is 5.94. The standard InChI is InChI=1S/C20H27N3O6/c1-11(2)7-13-18(24)23-16(20(22-13)29-6)19(25)21-10-12-8-14(26-3)17(28-5)15(9-12)27-4/h8-9,11H,7,10H2,1-6H3,(H,21,25)(H,23,24). The minimum absolute atomic E-state index is 0.0301. The van der Waals surface area contributed by atoms with Gasteiger partial charge in [0.1, 0.15) is 5.69 Å². The van der Waals surface area contributed by atoms with Crippen molar-refractivity contribution >= 4 is 5.91 Å². The molecule has 0 aliphatic rings. The molecule has 2 rings (SSSR count). The van der Waals surface area contributed by atoms with Crippen molar-refractivity contribution in [1.29, 1.82) is 0 Å². The first-order valence-electron chi connectivity index (χ1n) is 9.08. The molecule has 1 aromatic heterocycles. The predicted octanol–water partition coefficient (Wildman–Crippen LogP) is 1.93. The van der Waals surface area contributed by atoms with Gasteiger partial charge in [-0.2, -0.15) is 0 Å². The number of amides is 1. The van der Waals surface area contributed by atoms with Gasteiger partial charge < -0.3 is 29.2 Å². The van der Waals surface area contributed by atoms with Crippen LogP contribution in [-0.2, 0) is 13.0 Å². The van der Waals surface area contributed by atoms with Gasteiger partial charge in [0.25, 0.3) is 11.5 Å². The Labute approximate surface area is 169 Å². The molecule has 158 valence electrons. The number of methoxy groups -OCH3 is 4. The molecule has 9 heteroatoms. The molecule has 0 saturated carbocycles. The number of aromatic amines is 1. The summed E-state index contributed by atoms with van der Waals surface area (Å²) in [5, 5.41) is 2.74. The van der Waals surface area contributed by atoms with Crippen molar-refractivity contribution in [3.05, 3.63) is 39.4 Å². The Bertz CT molecular complexity index is 898. The SMILES string of the molecule is COc1cc(CNC(=O)c2[nH]c(=O)c(CC(C)C)nc2OC)cc(OC)c1OC. The maximum atomic E-state index is 12.6. The number of benzene rings is 1. The van der Waals surface area contributed by atoms with Crippen LogP contribution < -0.4 is 29.8 Å². The molecule has 9 nitrogen and oxygen atoms in total. The summed E-state index contributed by atoms with van der Waals surface area (Å²) < 4.78 is 21.1. The van der Waals surface area contributed by atoms with Crippen LogP contribution in [0, 0.1) is 5.92 Å². The quantitative estimate of drug-likeness (QED) is 0.656. The number of aromatic nitrogens is 2. The molecular weight excluding hydrogens is 378 g/mol. The molecule has 0 fully saturated rings. The topological polar surface area (TPSA) is 112 Å². The van der Waals surface area contributed by atoms with Crippen LogP contribution >= 0.6 is 0 Å². The lowest BCUT2D eigenvalue weighted by molar-refractivity contribution is 0.0941. The van der Waals surface area contributed by atoms with E-state index in [1.165, 1.54) is 28.4 Å². The van der Waals surface area contributed by atoms with Crippen molar-refractivity contribution in [2.75, 3.05) is 28.4 Å². The first-order valence-corrected chi connectivity index (χ1v) is 9.08. The smallest absolute Gasteiger partial charge is 0.273 e. The fraction of sp³-hybridized carbons (Fsp3) is 0.450. The Morgan fingerprint density at radius 1 is 1.07 bits per heavy atom. The van der Waals surface area contributed by atoms with Crippen molar-refractivity contribution in [3.63, 3.8) is 0 Å². The van der Waals surface area contributed by atoms with Crippen LogP contribution in [0.3, 0.4) is 0 Å². The van der Waals surface area contributed by atoms with E-state index in [1.807, 2.05) is 13.8 Å². The van der Waals surface area contributed by atoms with E-state index < -0.39 is 11.5 Å². The second kappa shape index (κ2) is 9.81. The molecule has 0 aliphatic carbocycles. The van der Waals surface area contributed by atoms with Crippen LogP contribution in [0.2, 0.25) is 0 Å². The fourth-order valence-corrected chi connectivity index (χ4v) is 2.80. The van der Waals surface area contributed by atoms with Crippen LogP contribution in [0.25, 0.3) is 0 Å². The van der Waals surface area contributed by atoms with E-state index in [-0.39, 0.29) is 24.0 Å². The van der Waals surface area contributed by atoms with Crippen molar-refractivity contribution in [3.8, 4) is 23.1 Å². The normalized spacial score (nSPS) is 10.6. The van der Waals surface area contributed by atoms with Gasteiger partial charge in [0.05, 0.1) is 28.4 Å². The Balaban J connectivity index is 2.25. The molecule has 2 aromatic rings. The number of carbonyl (C=O) groups is 1. The van der Waals surface area contributed by atoms with Gasteiger partial charge in [-0.15, -0.1) is 0 Å². The molecule has 0 bridgehead atoms. The molecule has 1 heterocycles. The summed E-state index contributed by atoms with van der Waals surface area (Å²) in [6, 6.07) is 3.46. The number of H-pyrrole nitrogens is 1. The first-order chi connectivity index (χ1) is 13.8. The maximum Gasteiger partial charge on any atom is 0.273 e.